The molecule has 1 aromatic heterocycles. The van der Waals surface area contributed by atoms with Gasteiger partial charge in [-0.15, -0.1) is 0 Å². The number of nitrogens with zero attached hydrogens (tertiary/aromatic N) is 2. The number of alkyl halides is 3. The van der Waals surface area contributed by atoms with Gasteiger partial charge in [-0.3, -0.25) is 4.79 Å². The van der Waals surface area contributed by atoms with E-state index >= 15 is 0 Å². The fourth-order valence-electron chi connectivity index (χ4n) is 3.73. The first-order valence-corrected chi connectivity index (χ1v) is 10.3. The van der Waals surface area contributed by atoms with Crippen LogP contribution in [-0.2, 0) is 11.0 Å². The minimum atomic E-state index is -4.58. The number of amides is 1. The van der Waals surface area contributed by atoms with E-state index in [4.69, 9.17) is 4.74 Å². The number of rotatable bonds is 6. The van der Waals surface area contributed by atoms with Gasteiger partial charge < -0.3 is 15.0 Å². The highest BCUT2D eigenvalue weighted by molar-refractivity contribution is 5.82. The summed E-state index contributed by atoms with van der Waals surface area (Å²) in [6, 6.07) is 12.1. The van der Waals surface area contributed by atoms with Crippen LogP contribution in [0.5, 0.6) is 5.88 Å². The van der Waals surface area contributed by atoms with Crippen molar-refractivity contribution in [3.63, 3.8) is 0 Å². The molecule has 3 rings (SSSR count). The summed E-state index contributed by atoms with van der Waals surface area (Å²) < 4.78 is 44.9. The van der Waals surface area contributed by atoms with E-state index in [1.807, 2.05) is 18.2 Å². The Morgan fingerprint density at radius 2 is 1.90 bits per heavy atom. The average molecular weight is 435 g/mol. The van der Waals surface area contributed by atoms with E-state index in [1.165, 1.54) is 12.3 Å². The number of likely N-dealkylation sites (tertiary alicyclic amines) is 1. The van der Waals surface area contributed by atoms with Crippen molar-refractivity contribution in [2.75, 3.05) is 26.7 Å². The maximum absolute atomic E-state index is 13.2. The lowest BCUT2D eigenvalue weighted by Crippen LogP contribution is -2.52. The number of piperidine rings is 1. The Morgan fingerprint density at radius 1 is 1.19 bits per heavy atom. The zero-order valence-electron chi connectivity index (χ0n) is 17.9. The summed E-state index contributed by atoms with van der Waals surface area (Å²) in [5, 5.41) is 3.12. The molecule has 8 heteroatoms. The smallest absolute Gasteiger partial charge is 0.421 e. The number of aromatic nitrogens is 1. The molecule has 5 nitrogen and oxygen atoms in total. The third kappa shape index (κ3) is 5.76. The van der Waals surface area contributed by atoms with Crippen LogP contribution in [-0.4, -0.2) is 48.6 Å². The second-order valence-electron chi connectivity index (χ2n) is 8.67. The molecule has 0 spiro atoms. The van der Waals surface area contributed by atoms with E-state index < -0.39 is 23.0 Å². The van der Waals surface area contributed by atoms with Gasteiger partial charge in [0.1, 0.15) is 12.2 Å². The van der Waals surface area contributed by atoms with E-state index in [0.29, 0.717) is 0 Å². The molecule has 0 aliphatic carbocycles. The highest BCUT2D eigenvalue weighted by Gasteiger charge is 2.38. The number of hydrogen-bond acceptors (Lipinski definition) is 4. The van der Waals surface area contributed by atoms with E-state index in [2.05, 4.69) is 34.4 Å². The normalized spacial score (nSPS) is 20.3. The van der Waals surface area contributed by atoms with E-state index in [9.17, 15) is 18.0 Å². The zero-order valence-corrected chi connectivity index (χ0v) is 17.9. The zero-order chi connectivity index (χ0) is 22.6. The minimum absolute atomic E-state index is 0.0639. The Hall–Kier alpha value is -2.61. The average Bonchev–Trinajstić information content (AvgIpc) is 2.73. The summed E-state index contributed by atoms with van der Waals surface area (Å²) in [4.78, 5) is 19.0. The molecule has 2 heterocycles. The number of benzene rings is 1. The highest BCUT2D eigenvalue weighted by Crippen LogP contribution is 2.35. The van der Waals surface area contributed by atoms with E-state index in [1.54, 1.807) is 13.8 Å². The van der Waals surface area contributed by atoms with Crippen LogP contribution < -0.4 is 10.1 Å². The third-order valence-electron chi connectivity index (χ3n) is 5.62. The molecule has 1 aromatic carbocycles. The molecule has 1 N–H and O–H groups in total. The molecule has 0 saturated carbocycles. The molecule has 0 bridgehead atoms. The fraction of sp³-hybridized carbons (Fsp3) is 0.478. The summed E-state index contributed by atoms with van der Waals surface area (Å²) in [7, 11) is 2.05. The molecule has 1 aliphatic heterocycles. The van der Waals surface area contributed by atoms with Gasteiger partial charge in [-0.05, 0) is 51.6 Å². The number of carbonyl (C=O) groups excluding carboxylic acids is 1. The van der Waals surface area contributed by atoms with Gasteiger partial charge >= 0.3 is 6.18 Å². The Labute approximate surface area is 180 Å². The largest absolute Gasteiger partial charge is 0.476 e. The van der Waals surface area contributed by atoms with Crippen molar-refractivity contribution in [3.05, 3.63) is 59.8 Å². The van der Waals surface area contributed by atoms with Crippen LogP contribution in [0.1, 0.15) is 37.3 Å². The van der Waals surface area contributed by atoms with Gasteiger partial charge in [-0.1, -0.05) is 30.3 Å². The number of likely N-dealkylation sites (N-methyl/N-ethyl adjacent to an activating group) is 1. The molecule has 0 radical (unpaired) electrons. The Kier molecular flexibility index (Phi) is 6.89. The summed E-state index contributed by atoms with van der Waals surface area (Å²) in [6.45, 7) is 4.76. The van der Waals surface area contributed by atoms with Crippen molar-refractivity contribution in [3.8, 4) is 5.88 Å². The van der Waals surface area contributed by atoms with Crippen LogP contribution >= 0.6 is 0 Å². The number of pyridine rings is 1. The first-order chi connectivity index (χ1) is 14.6. The van der Waals surface area contributed by atoms with Crippen molar-refractivity contribution in [2.24, 2.45) is 5.41 Å². The quantitative estimate of drug-likeness (QED) is 0.742. The number of carbonyl (C=O) groups is 1. The lowest BCUT2D eigenvalue weighted by Gasteiger charge is -2.39. The molecular formula is C23H28F3N3O2. The summed E-state index contributed by atoms with van der Waals surface area (Å²) in [6.07, 6.45) is -2.55. The maximum Gasteiger partial charge on any atom is 0.421 e. The second-order valence-corrected chi connectivity index (χ2v) is 8.67. The van der Waals surface area contributed by atoms with Gasteiger partial charge in [-0.25, -0.2) is 4.98 Å². The molecule has 1 fully saturated rings. The number of halogens is 3. The minimum Gasteiger partial charge on any atom is -0.476 e. The summed E-state index contributed by atoms with van der Waals surface area (Å²) in [5.41, 5.74) is -0.840. The van der Waals surface area contributed by atoms with Crippen molar-refractivity contribution >= 4 is 5.91 Å². The summed E-state index contributed by atoms with van der Waals surface area (Å²) in [5.74, 6) is -0.641. The molecule has 168 valence electrons. The van der Waals surface area contributed by atoms with Gasteiger partial charge in [0.15, 0.2) is 0 Å². The number of hydrogen-bond donors (Lipinski definition) is 1. The van der Waals surface area contributed by atoms with Crippen LogP contribution in [0.15, 0.2) is 48.7 Å². The van der Waals surface area contributed by atoms with Crippen molar-refractivity contribution in [1.82, 2.24) is 15.2 Å². The van der Waals surface area contributed by atoms with Crippen LogP contribution in [0, 0.1) is 5.41 Å². The van der Waals surface area contributed by atoms with Crippen LogP contribution in [0.2, 0.25) is 0 Å². The maximum atomic E-state index is 13.2. The fourth-order valence-corrected chi connectivity index (χ4v) is 3.73. The van der Waals surface area contributed by atoms with Crippen LogP contribution in [0.4, 0.5) is 13.2 Å². The standard InChI is InChI=1S/C23H28F3N3O2/c1-22(2,15-31-20-18(23(24,25)26)10-7-12-27-20)21(30)28-19-11-13-29(3)14-17(19)16-8-5-4-6-9-16/h4-10,12,17,19H,11,13-15H2,1-3H3,(H,28,30)/t17-,19+/m1/s1. The first-order valence-electron chi connectivity index (χ1n) is 10.3. The second kappa shape index (κ2) is 9.26. The molecule has 1 aliphatic rings. The predicted molar refractivity (Wildman–Crippen MR) is 112 cm³/mol. The Balaban J connectivity index is 1.69. The van der Waals surface area contributed by atoms with Crippen molar-refractivity contribution in [2.45, 2.75) is 38.4 Å². The lowest BCUT2D eigenvalue weighted by molar-refractivity contribution is -0.139. The summed E-state index contributed by atoms with van der Waals surface area (Å²) >= 11 is 0. The monoisotopic (exact) mass is 435 g/mol. The lowest BCUT2D eigenvalue weighted by atomic mass is 9.84. The van der Waals surface area contributed by atoms with Gasteiger partial charge in [0.25, 0.3) is 0 Å². The van der Waals surface area contributed by atoms with E-state index in [0.717, 1.165) is 31.1 Å². The third-order valence-corrected chi connectivity index (χ3v) is 5.62. The van der Waals surface area contributed by atoms with E-state index in [-0.39, 0.29) is 24.5 Å². The number of ether oxygens (including phenoxy) is 1. The molecular weight excluding hydrogens is 407 g/mol. The van der Waals surface area contributed by atoms with Crippen molar-refractivity contribution in [1.29, 1.82) is 0 Å². The molecule has 0 unspecified atom stereocenters. The predicted octanol–water partition coefficient (Wildman–Crippen LogP) is 4.11. The molecule has 31 heavy (non-hydrogen) atoms. The van der Waals surface area contributed by atoms with Crippen LogP contribution in [0.25, 0.3) is 0 Å². The molecule has 2 aromatic rings. The number of nitrogens with one attached hydrogen (secondary N) is 1. The first kappa shape index (κ1) is 23.1. The van der Waals surface area contributed by atoms with Crippen molar-refractivity contribution < 1.29 is 22.7 Å². The molecule has 2 atom stereocenters. The van der Waals surface area contributed by atoms with Crippen LogP contribution in [0.3, 0.4) is 0 Å². The Morgan fingerprint density at radius 3 is 2.58 bits per heavy atom. The van der Waals surface area contributed by atoms with Gasteiger partial charge in [0, 0.05) is 24.7 Å². The topological polar surface area (TPSA) is 54.5 Å². The SMILES string of the molecule is CN1CC[C@H](NC(=O)C(C)(C)COc2ncccc2C(F)(F)F)[C@@H](c2ccccc2)C1. The van der Waals surface area contributed by atoms with Gasteiger partial charge in [0.2, 0.25) is 11.8 Å². The highest BCUT2D eigenvalue weighted by atomic mass is 19.4. The molecule has 1 amide bonds. The van der Waals surface area contributed by atoms with Gasteiger partial charge in [-0.2, -0.15) is 13.2 Å². The molecule has 1 saturated heterocycles. The Bertz CT molecular complexity index is 887. The van der Waals surface area contributed by atoms with Gasteiger partial charge in [0.05, 0.1) is 5.41 Å².